The lowest BCUT2D eigenvalue weighted by molar-refractivity contribution is -0.140. The van der Waals surface area contributed by atoms with Gasteiger partial charge in [0.2, 0.25) is 10.0 Å². The molecule has 0 aliphatic carbocycles. The second-order valence-corrected chi connectivity index (χ2v) is 13.9. The van der Waals surface area contributed by atoms with E-state index in [4.69, 9.17) is 12.2 Å². The minimum Gasteiger partial charge on any atom is -0.382 e. The highest BCUT2D eigenvalue weighted by atomic mass is 32.2. The van der Waals surface area contributed by atoms with Crippen molar-refractivity contribution in [2.45, 2.75) is 49.0 Å². The van der Waals surface area contributed by atoms with Gasteiger partial charge in [0.05, 0.1) is 21.0 Å². The largest absolute Gasteiger partial charge is 0.417 e. The second kappa shape index (κ2) is 13.8. The Morgan fingerprint density at radius 2 is 1.52 bits per heavy atom. The highest BCUT2D eigenvalue weighted by molar-refractivity contribution is 7.89. The van der Waals surface area contributed by atoms with Crippen LogP contribution in [0.4, 0.5) is 37.7 Å². The van der Waals surface area contributed by atoms with Crippen molar-refractivity contribution in [1.82, 2.24) is 14.1 Å². The summed E-state index contributed by atoms with van der Waals surface area (Å²) in [5.41, 5.74) is -0.849. The fourth-order valence-corrected chi connectivity index (χ4v) is 6.89. The summed E-state index contributed by atoms with van der Waals surface area (Å²) in [6, 6.07) is 8.41. The molecule has 2 saturated heterocycles. The van der Waals surface area contributed by atoms with Crippen LogP contribution < -0.4 is 10.2 Å². The van der Waals surface area contributed by atoms with E-state index in [1.165, 1.54) is 32.3 Å². The quantitative estimate of drug-likeness (QED) is 0.269. The zero-order valence-corrected chi connectivity index (χ0v) is 26.2. The van der Waals surface area contributed by atoms with Crippen LogP contribution >= 0.6 is 12.2 Å². The minimum atomic E-state index is -4.83. The lowest BCUT2D eigenvalue weighted by atomic mass is 10.0. The zero-order chi connectivity index (χ0) is 32.3. The third-order valence-corrected chi connectivity index (χ3v) is 10.4. The first-order chi connectivity index (χ1) is 20.6. The molecule has 7 nitrogen and oxygen atoms in total. The van der Waals surface area contributed by atoms with Gasteiger partial charge in [-0.2, -0.15) is 26.3 Å². The highest BCUT2D eigenvalue weighted by Crippen LogP contribution is 2.37. The molecule has 0 amide bonds. The van der Waals surface area contributed by atoms with E-state index >= 15 is 0 Å². The topological polar surface area (TPSA) is 59.1 Å². The molecule has 2 fully saturated rings. The number of nitrogens with zero attached hydrogens (tertiary/aromatic N) is 4. The van der Waals surface area contributed by atoms with Crippen molar-refractivity contribution in [1.29, 1.82) is 0 Å². The van der Waals surface area contributed by atoms with Crippen molar-refractivity contribution < 1.29 is 34.8 Å². The summed E-state index contributed by atoms with van der Waals surface area (Å²) in [5, 5.41) is 3.13. The maximum Gasteiger partial charge on any atom is 0.417 e. The van der Waals surface area contributed by atoms with Gasteiger partial charge >= 0.3 is 12.4 Å². The molecule has 0 unspecified atom stereocenters. The van der Waals surface area contributed by atoms with Crippen molar-refractivity contribution in [2.24, 2.45) is 0 Å². The summed E-state index contributed by atoms with van der Waals surface area (Å²) in [7, 11) is -1.88. The van der Waals surface area contributed by atoms with Gasteiger partial charge in [-0.05, 0) is 74.7 Å². The predicted molar refractivity (Wildman–Crippen MR) is 162 cm³/mol. The number of rotatable bonds is 9. The van der Waals surface area contributed by atoms with Crippen LogP contribution in [-0.4, -0.2) is 93.5 Å². The molecule has 0 atom stereocenters. The molecule has 0 spiro atoms. The number of piperidine rings is 1. The second-order valence-electron chi connectivity index (χ2n) is 11.3. The number of thiocarbonyl (C=S) groups is 1. The molecule has 2 aliphatic rings. The molecule has 2 aliphatic heterocycles. The number of likely N-dealkylation sites (tertiary alicyclic amines) is 1. The highest BCUT2D eigenvalue weighted by Gasteiger charge is 2.38. The normalized spacial score (nSPS) is 17.8. The van der Waals surface area contributed by atoms with E-state index in [0.717, 1.165) is 84.8 Å². The molecule has 244 valence electrons. The van der Waals surface area contributed by atoms with Crippen LogP contribution in [0.1, 0.15) is 36.8 Å². The molecule has 0 saturated carbocycles. The predicted octanol–water partition coefficient (Wildman–Crippen LogP) is 5.78. The molecule has 0 radical (unpaired) electrons. The van der Waals surface area contributed by atoms with Crippen LogP contribution in [0.25, 0.3) is 0 Å². The fourth-order valence-electron chi connectivity index (χ4n) is 5.47. The van der Waals surface area contributed by atoms with E-state index in [-0.39, 0.29) is 11.7 Å². The minimum absolute atomic E-state index is 0.0765. The van der Waals surface area contributed by atoms with Gasteiger partial charge in [0, 0.05) is 70.8 Å². The SMILES string of the molecule is CN(C)S(=O)(=O)c1ccc(NC2CCN(C(=S)CCCN3CCN(c4ccc(C(F)(F)F)cc4)CC3)CC2)cc1C(F)(F)F. The molecule has 0 bridgehead atoms. The monoisotopic (exact) mass is 665 g/mol. The van der Waals surface area contributed by atoms with Crippen molar-refractivity contribution >= 4 is 38.6 Å². The molecule has 0 aromatic heterocycles. The van der Waals surface area contributed by atoms with Crippen molar-refractivity contribution in [3.63, 3.8) is 0 Å². The Labute approximate surface area is 259 Å². The summed E-state index contributed by atoms with van der Waals surface area (Å²) in [6.07, 6.45) is -6.22. The van der Waals surface area contributed by atoms with Crippen molar-refractivity contribution in [3.05, 3.63) is 53.6 Å². The van der Waals surface area contributed by atoms with E-state index in [2.05, 4.69) is 20.0 Å². The van der Waals surface area contributed by atoms with Gasteiger partial charge in [-0.15, -0.1) is 0 Å². The molecule has 2 aromatic rings. The number of halogens is 6. The average Bonchev–Trinajstić information content (AvgIpc) is 2.97. The van der Waals surface area contributed by atoms with Gasteiger partial charge < -0.3 is 15.1 Å². The summed E-state index contributed by atoms with van der Waals surface area (Å²) in [4.78, 5) is 6.61. The molecular formula is C29H37F6N5O2S2. The Kier molecular flexibility index (Phi) is 10.7. The first-order valence-corrected chi connectivity index (χ1v) is 16.2. The van der Waals surface area contributed by atoms with E-state index in [9.17, 15) is 34.8 Å². The molecule has 44 heavy (non-hydrogen) atoms. The van der Waals surface area contributed by atoms with Crippen LogP contribution in [-0.2, 0) is 22.4 Å². The van der Waals surface area contributed by atoms with Crippen LogP contribution in [0, 0.1) is 0 Å². The number of benzene rings is 2. The van der Waals surface area contributed by atoms with E-state index in [1.54, 1.807) is 0 Å². The smallest absolute Gasteiger partial charge is 0.382 e. The number of nitrogens with one attached hydrogen (secondary N) is 1. The summed E-state index contributed by atoms with van der Waals surface area (Å²) in [5.74, 6) is 0. The van der Waals surface area contributed by atoms with Crippen LogP contribution in [0.5, 0.6) is 0 Å². The number of piperazine rings is 1. The summed E-state index contributed by atoms with van der Waals surface area (Å²) >= 11 is 5.67. The van der Waals surface area contributed by atoms with Crippen LogP contribution in [0.2, 0.25) is 0 Å². The summed E-state index contributed by atoms with van der Waals surface area (Å²) < 4.78 is 105. The molecule has 4 rings (SSSR count). The Morgan fingerprint density at radius 3 is 2.07 bits per heavy atom. The standard InChI is InChI=1S/C29H37F6N5O2S2/c1-37(2)44(41,42)26-10-7-23(20-25(26)29(33,34)35)36-22-11-14-40(15-12-22)27(43)4-3-13-38-16-18-39(19-17-38)24-8-5-21(6-9-24)28(30,31)32/h5-10,20,22,36H,3-4,11-19H2,1-2H3. The molecule has 1 N–H and O–H groups in total. The Hall–Kier alpha value is -2.62. The Balaban J connectivity index is 1.19. The molecule has 2 heterocycles. The fraction of sp³-hybridized carbons (Fsp3) is 0.552. The number of alkyl halides is 6. The van der Waals surface area contributed by atoms with Gasteiger partial charge in [-0.3, -0.25) is 4.90 Å². The zero-order valence-electron chi connectivity index (χ0n) is 24.6. The van der Waals surface area contributed by atoms with Gasteiger partial charge in [0.1, 0.15) is 0 Å². The van der Waals surface area contributed by atoms with E-state index in [1.807, 2.05) is 0 Å². The maximum absolute atomic E-state index is 13.7. The Bertz CT molecular complexity index is 1380. The lowest BCUT2D eigenvalue weighted by Gasteiger charge is -2.37. The number of sulfonamides is 1. The van der Waals surface area contributed by atoms with Gasteiger partial charge in [0.15, 0.2) is 0 Å². The summed E-state index contributed by atoms with van der Waals surface area (Å²) in [6.45, 7) is 5.28. The van der Waals surface area contributed by atoms with Gasteiger partial charge in [0.25, 0.3) is 0 Å². The number of anilines is 2. The number of hydrogen-bond acceptors (Lipinski definition) is 6. The third kappa shape index (κ3) is 8.55. The Morgan fingerprint density at radius 1 is 0.909 bits per heavy atom. The molecular weight excluding hydrogens is 628 g/mol. The van der Waals surface area contributed by atoms with Crippen LogP contribution in [0.3, 0.4) is 0 Å². The van der Waals surface area contributed by atoms with Crippen molar-refractivity contribution in [2.75, 3.05) is 70.1 Å². The third-order valence-electron chi connectivity index (χ3n) is 8.06. The molecule has 2 aromatic carbocycles. The van der Waals surface area contributed by atoms with Gasteiger partial charge in [-0.25, -0.2) is 12.7 Å². The van der Waals surface area contributed by atoms with E-state index < -0.39 is 38.4 Å². The lowest BCUT2D eigenvalue weighted by Crippen LogP contribution is -2.47. The number of hydrogen-bond donors (Lipinski definition) is 1. The van der Waals surface area contributed by atoms with E-state index in [0.29, 0.717) is 25.9 Å². The van der Waals surface area contributed by atoms with Crippen molar-refractivity contribution in [3.8, 4) is 0 Å². The first kappa shape index (κ1) is 34.3. The van der Waals surface area contributed by atoms with Crippen LogP contribution in [0.15, 0.2) is 47.4 Å². The van der Waals surface area contributed by atoms with Gasteiger partial charge in [-0.1, -0.05) is 12.2 Å². The average molecular weight is 666 g/mol. The molecule has 15 heteroatoms. The maximum atomic E-state index is 13.7. The first-order valence-electron chi connectivity index (χ1n) is 14.4.